The fourth-order valence-corrected chi connectivity index (χ4v) is 2.77. The number of H-pyrrole nitrogens is 2. The topological polar surface area (TPSA) is 83.7 Å². The summed E-state index contributed by atoms with van der Waals surface area (Å²) in [6, 6.07) is 10.4. The second kappa shape index (κ2) is 6.88. The SMILES string of the molecule is CCC(c1ccc(=O)[nH]n1)c1[nH]nc(Oc2cccc(Cl)c2)c1C. The van der Waals surface area contributed by atoms with Crippen LogP contribution in [-0.2, 0) is 0 Å². The molecule has 7 heteroatoms. The summed E-state index contributed by atoms with van der Waals surface area (Å²) in [7, 11) is 0. The van der Waals surface area contributed by atoms with Gasteiger partial charge in [-0.1, -0.05) is 24.6 Å². The summed E-state index contributed by atoms with van der Waals surface area (Å²) in [4.78, 5) is 11.2. The average Bonchev–Trinajstić information content (AvgIpc) is 2.91. The molecule has 1 atom stereocenters. The Hall–Kier alpha value is -2.60. The summed E-state index contributed by atoms with van der Waals surface area (Å²) in [6.07, 6.45) is 0.804. The van der Waals surface area contributed by atoms with E-state index in [9.17, 15) is 4.79 Å². The van der Waals surface area contributed by atoms with Crippen molar-refractivity contribution in [2.75, 3.05) is 0 Å². The predicted octanol–water partition coefficient (Wildman–Crippen LogP) is 3.79. The van der Waals surface area contributed by atoms with Crippen LogP contribution in [0.3, 0.4) is 0 Å². The Bertz CT molecular complexity index is 883. The normalized spacial score (nSPS) is 12.1. The van der Waals surface area contributed by atoms with Crippen molar-refractivity contribution in [3.63, 3.8) is 0 Å². The highest BCUT2D eigenvalue weighted by atomic mass is 35.5. The first-order valence-corrected chi connectivity index (χ1v) is 8.00. The molecule has 24 heavy (non-hydrogen) atoms. The third-order valence-corrected chi connectivity index (χ3v) is 4.06. The number of aromatic amines is 2. The van der Waals surface area contributed by atoms with Gasteiger partial charge in [0.25, 0.3) is 5.56 Å². The maximum absolute atomic E-state index is 11.2. The Kier molecular flexibility index (Phi) is 4.66. The predicted molar refractivity (Wildman–Crippen MR) is 91.8 cm³/mol. The van der Waals surface area contributed by atoms with Crippen LogP contribution in [0.4, 0.5) is 0 Å². The number of hydrogen-bond donors (Lipinski definition) is 2. The average molecular weight is 345 g/mol. The van der Waals surface area contributed by atoms with Crippen molar-refractivity contribution in [2.45, 2.75) is 26.2 Å². The van der Waals surface area contributed by atoms with Crippen molar-refractivity contribution in [2.24, 2.45) is 0 Å². The molecule has 0 saturated heterocycles. The number of rotatable bonds is 5. The fourth-order valence-electron chi connectivity index (χ4n) is 2.59. The molecule has 0 saturated carbocycles. The van der Waals surface area contributed by atoms with Crippen LogP contribution < -0.4 is 10.3 Å². The van der Waals surface area contributed by atoms with Gasteiger partial charge in [-0.15, -0.1) is 5.10 Å². The van der Waals surface area contributed by atoms with E-state index in [0.717, 1.165) is 23.4 Å². The first kappa shape index (κ1) is 16.3. The van der Waals surface area contributed by atoms with Gasteiger partial charge in [0, 0.05) is 22.6 Å². The number of aromatic nitrogens is 4. The van der Waals surface area contributed by atoms with Crippen LogP contribution in [-0.4, -0.2) is 20.4 Å². The molecule has 0 fully saturated rings. The second-order valence-electron chi connectivity index (χ2n) is 5.43. The van der Waals surface area contributed by atoms with E-state index in [0.29, 0.717) is 16.7 Å². The first-order valence-electron chi connectivity index (χ1n) is 7.62. The summed E-state index contributed by atoms with van der Waals surface area (Å²) in [5.74, 6) is 1.11. The molecule has 0 amide bonds. The van der Waals surface area contributed by atoms with Gasteiger partial charge < -0.3 is 4.74 Å². The number of ether oxygens (including phenoxy) is 1. The first-order chi connectivity index (χ1) is 11.6. The van der Waals surface area contributed by atoms with Gasteiger partial charge in [-0.25, -0.2) is 5.10 Å². The maximum atomic E-state index is 11.2. The van der Waals surface area contributed by atoms with Crippen molar-refractivity contribution in [1.29, 1.82) is 0 Å². The third kappa shape index (κ3) is 3.33. The number of benzene rings is 1. The van der Waals surface area contributed by atoms with Crippen LogP contribution in [0.1, 0.15) is 36.2 Å². The molecule has 6 nitrogen and oxygen atoms in total. The Labute approximate surface area is 143 Å². The summed E-state index contributed by atoms with van der Waals surface area (Å²) in [5.41, 5.74) is 2.36. The molecule has 3 aromatic rings. The molecular formula is C17H17ClN4O2. The van der Waals surface area contributed by atoms with Crippen LogP contribution >= 0.6 is 11.6 Å². The van der Waals surface area contributed by atoms with E-state index in [-0.39, 0.29) is 11.5 Å². The van der Waals surface area contributed by atoms with Gasteiger partial charge >= 0.3 is 0 Å². The minimum absolute atomic E-state index is 0.00828. The molecule has 0 spiro atoms. The van der Waals surface area contributed by atoms with Gasteiger partial charge in [-0.3, -0.25) is 9.89 Å². The minimum Gasteiger partial charge on any atom is -0.437 e. The zero-order valence-electron chi connectivity index (χ0n) is 13.3. The van der Waals surface area contributed by atoms with E-state index in [1.807, 2.05) is 19.1 Å². The van der Waals surface area contributed by atoms with Crippen LogP contribution in [0.25, 0.3) is 0 Å². The number of nitrogens with zero attached hydrogens (tertiary/aromatic N) is 2. The molecule has 124 valence electrons. The molecule has 2 aromatic heterocycles. The summed E-state index contributed by atoms with van der Waals surface area (Å²) in [6.45, 7) is 3.99. The zero-order valence-corrected chi connectivity index (χ0v) is 14.1. The highest BCUT2D eigenvalue weighted by molar-refractivity contribution is 6.30. The van der Waals surface area contributed by atoms with Gasteiger partial charge in [-0.05, 0) is 37.6 Å². The number of halogens is 1. The molecule has 0 aliphatic heterocycles. The van der Waals surface area contributed by atoms with Crippen LogP contribution in [0.15, 0.2) is 41.2 Å². The lowest BCUT2D eigenvalue weighted by atomic mass is 9.95. The smallest absolute Gasteiger partial charge is 0.264 e. The Morgan fingerprint density at radius 1 is 1.21 bits per heavy atom. The largest absolute Gasteiger partial charge is 0.437 e. The summed E-state index contributed by atoms with van der Waals surface area (Å²) in [5, 5.41) is 14.5. The second-order valence-corrected chi connectivity index (χ2v) is 5.87. The Morgan fingerprint density at radius 3 is 2.71 bits per heavy atom. The molecule has 0 aliphatic carbocycles. The standard InChI is InChI=1S/C17H17ClN4O2/c1-3-13(14-7-8-15(23)20-19-14)16-10(2)17(22-21-16)24-12-6-4-5-11(18)9-12/h4-9,13H,3H2,1-2H3,(H,20,23)(H,21,22). The number of hydrogen-bond acceptors (Lipinski definition) is 4. The number of nitrogens with one attached hydrogen (secondary N) is 2. The van der Waals surface area contributed by atoms with Gasteiger partial charge in [0.2, 0.25) is 5.88 Å². The molecule has 2 heterocycles. The highest BCUT2D eigenvalue weighted by Crippen LogP contribution is 2.33. The van der Waals surface area contributed by atoms with Crippen molar-refractivity contribution in [3.05, 3.63) is 68.7 Å². The van der Waals surface area contributed by atoms with Crippen LogP contribution in [0, 0.1) is 6.92 Å². The van der Waals surface area contributed by atoms with Crippen LogP contribution in [0.5, 0.6) is 11.6 Å². The van der Waals surface area contributed by atoms with Gasteiger partial charge in [-0.2, -0.15) is 5.10 Å². The van der Waals surface area contributed by atoms with E-state index < -0.39 is 0 Å². The molecule has 0 bridgehead atoms. The van der Waals surface area contributed by atoms with E-state index in [4.69, 9.17) is 16.3 Å². The van der Waals surface area contributed by atoms with E-state index in [1.54, 1.807) is 18.2 Å². The van der Waals surface area contributed by atoms with Crippen molar-refractivity contribution >= 4 is 11.6 Å². The Morgan fingerprint density at radius 2 is 2.04 bits per heavy atom. The monoisotopic (exact) mass is 344 g/mol. The minimum atomic E-state index is -0.222. The molecule has 0 aliphatic rings. The van der Waals surface area contributed by atoms with Gasteiger partial charge in [0.1, 0.15) is 5.75 Å². The molecule has 0 radical (unpaired) electrons. The van der Waals surface area contributed by atoms with Crippen molar-refractivity contribution in [3.8, 4) is 11.6 Å². The lowest BCUT2D eigenvalue weighted by molar-refractivity contribution is 0.458. The lowest BCUT2D eigenvalue weighted by Gasteiger charge is -2.13. The molecule has 2 N–H and O–H groups in total. The van der Waals surface area contributed by atoms with E-state index >= 15 is 0 Å². The van der Waals surface area contributed by atoms with Crippen molar-refractivity contribution < 1.29 is 4.74 Å². The van der Waals surface area contributed by atoms with Crippen molar-refractivity contribution in [1.82, 2.24) is 20.4 Å². The maximum Gasteiger partial charge on any atom is 0.264 e. The molecule has 1 unspecified atom stereocenters. The quantitative estimate of drug-likeness (QED) is 0.737. The molecule has 3 rings (SSSR count). The molecular weight excluding hydrogens is 328 g/mol. The summed E-state index contributed by atoms with van der Waals surface area (Å²) < 4.78 is 5.82. The van der Waals surface area contributed by atoms with E-state index in [2.05, 4.69) is 27.3 Å². The molecule has 1 aromatic carbocycles. The highest BCUT2D eigenvalue weighted by Gasteiger charge is 2.21. The zero-order chi connectivity index (χ0) is 17.1. The van der Waals surface area contributed by atoms with Gasteiger partial charge in [0.05, 0.1) is 11.4 Å². The summed E-state index contributed by atoms with van der Waals surface area (Å²) >= 11 is 5.98. The van der Waals surface area contributed by atoms with Gasteiger partial charge in [0.15, 0.2) is 0 Å². The lowest BCUT2D eigenvalue weighted by Crippen LogP contribution is -2.11. The van der Waals surface area contributed by atoms with Crippen LogP contribution in [0.2, 0.25) is 5.02 Å². The van der Waals surface area contributed by atoms with E-state index in [1.165, 1.54) is 6.07 Å². The Balaban J connectivity index is 1.90. The fraction of sp³-hybridized carbons (Fsp3) is 0.235. The third-order valence-electron chi connectivity index (χ3n) is 3.83.